The third kappa shape index (κ3) is 6.91. The maximum Gasteiger partial charge on any atom is 0.355 e. The van der Waals surface area contributed by atoms with Crippen LogP contribution in [-0.4, -0.2) is 31.5 Å². The molecule has 5 aromatic rings. The number of benzene rings is 5. The summed E-state index contributed by atoms with van der Waals surface area (Å²) in [6, 6.07) is 46.3. The zero-order valence-corrected chi connectivity index (χ0v) is 23.6. The molecule has 0 atom stereocenters. The molecule has 0 N–H and O–H groups in total. The first-order chi connectivity index (χ1) is 19.7. The molecule has 5 rings (SSSR count). The number of carbonyl (C=O) groups is 2. The summed E-state index contributed by atoms with van der Waals surface area (Å²) in [6.07, 6.45) is 0. The molecule has 5 aromatic carbocycles. The van der Waals surface area contributed by atoms with Crippen LogP contribution >= 0.6 is 0 Å². The molecular weight excluding hydrogens is 529 g/mol. The summed E-state index contributed by atoms with van der Waals surface area (Å²) in [5.41, 5.74) is 3.58. The summed E-state index contributed by atoms with van der Waals surface area (Å²) in [7, 11) is -0.270. The smallest absolute Gasteiger partial charge is 0.355 e. The van der Waals surface area contributed by atoms with E-state index in [1.807, 2.05) is 146 Å². The fourth-order valence-electron chi connectivity index (χ4n) is 4.45. The highest BCUT2D eigenvalue weighted by atomic mass is 28.2. The van der Waals surface area contributed by atoms with Gasteiger partial charge in [0.25, 0.3) is 0 Å². The lowest BCUT2D eigenvalue weighted by molar-refractivity contribution is -0.135. The summed E-state index contributed by atoms with van der Waals surface area (Å²) in [5, 5.41) is 1.78. The molecule has 0 heterocycles. The Morgan fingerprint density at radius 2 is 0.650 bits per heavy atom. The molecule has 0 amide bonds. The Morgan fingerprint density at radius 3 is 0.900 bits per heavy atom. The van der Waals surface area contributed by atoms with Crippen molar-refractivity contribution < 1.29 is 18.4 Å². The lowest BCUT2D eigenvalue weighted by Gasteiger charge is -2.17. The second-order valence-corrected chi connectivity index (χ2v) is 11.1. The average Bonchev–Trinajstić information content (AvgIpc) is 3.02. The minimum Gasteiger partial charge on any atom is -0.511 e. The quantitative estimate of drug-likeness (QED) is 0.230. The minimum absolute atomic E-state index is 0.135. The van der Waals surface area contributed by atoms with Crippen molar-refractivity contribution in [2.45, 2.75) is 11.8 Å². The molecular formula is C34H26O4Si2. The van der Waals surface area contributed by atoms with Crippen molar-refractivity contribution in [1.82, 2.24) is 0 Å². The van der Waals surface area contributed by atoms with Gasteiger partial charge in [0, 0.05) is 0 Å². The van der Waals surface area contributed by atoms with E-state index in [0.29, 0.717) is 0 Å². The van der Waals surface area contributed by atoms with Gasteiger partial charge in [-0.25, -0.2) is 0 Å². The van der Waals surface area contributed by atoms with Gasteiger partial charge in [0.05, 0.1) is 0 Å². The highest BCUT2D eigenvalue weighted by Crippen LogP contribution is 2.27. The Bertz CT molecular complexity index is 1310. The third-order valence-electron chi connectivity index (χ3n) is 6.43. The Labute approximate surface area is 239 Å². The molecule has 40 heavy (non-hydrogen) atoms. The van der Waals surface area contributed by atoms with Gasteiger partial charge in [-0.3, -0.25) is 9.59 Å². The SMILES string of the molecule is O=C(O[Si]c1ccc([Si]OC(=O)C(c2ccccc2)c2ccccc2)cc1)C(c1ccccc1)c1ccccc1. The minimum atomic E-state index is -0.489. The van der Waals surface area contributed by atoms with Gasteiger partial charge < -0.3 is 8.85 Å². The summed E-state index contributed by atoms with van der Waals surface area (Å²) in [6.45, 7) is 0. The first-order valence-corrected chi connectivity index (χ1v) is 14.7. The van der Waals surface area contributed by atoms with E-state index in [4.69, 9.17) is 8.85 Å². The third-order valence-corrected chi connectivity index (χ3v) is 8.17. The lowest BCUT2D eigenvalue weighted by atomic mass is 9.91. The maximum absolute atomic E-state index is 13.2. The van der Waals surface area contributed by atoms with Crippen LogP contribution in [0.3, 0.4) is 0 Å². The van der Waals surface area contributed by atoms with E-state index in [9.17, 15) is 9.59 Å². The second-order valence-electron chi connectivity index (χ2n) is 9.13. The molecule has 0 fully saturated rings. The van der Waals surface area contributed by atoms with Gasteiger partial charge in [-0.1, -0.05) is 146 Å². The van der Waals surface area contributed by atoms with E-state index in [1.54, 1.807) is 0 Å². The first kappa shape index (κ1) is 27.1. The number of hydrogen-bond donors (Lipinski definition) is 0. The topological polar surface area (TPSA) is 52.6 Å². The monoisotopic (exact) mass is 554 g/mol. The average molecular weight is 555 g/mol. The Morgan fingerprint density at radius 1 is 0.400 bits per heavy atom. The van der Waals surface area contributed by atoms with Gasteiger partial charge in [-0.2, -0.15) is 0 Å². The van der Waals surface area contributed by atoms with Gasteiger partial charge in [0.15, 0.2) is 0 Å². The van der Waals surface area contributed by atoms with E-state index >= 15 is 0 Å². The van der Waals surface area contributed by atoms with Crippen molar-refractivity contribution in [3.63, 3.8) is 0 Å². The molecule has 0 aliphatic carbocycles. The van der Waals surface area contributed by atoms with Crippen molar-refractivity contribution in [3.8, 4) is 0 Å². The van der Waals surface area contributed by atoms with E-state index < -0.39 is 11.8 Å². The molecule has 4 nitrogen and oxygen atoms in total. The molecule has 0 unspecified atom stereocenters. The molecule has 0 saturated carbocycles. The highest BCUT2D eigenvalue weighted by Gasteiger charge is 2.25. The predicted molar refractivity (Wildman–Crippen MR) is 159 cm³/mol. The Kier molecular flexibility index (Phi) is 9.14. The van der Waals surface area contributed by atoms with Crippen LogP contribution in [0.1, 0.15) is 34.1 Å². The van der Waals surface area contributed by atoms with Crippen molar-refractivity contribution in [2.75, 3.05) is 0 Å². The standard InChI is InChI=1S/C34H26O4Si2/c35-33(31(25-13-5-1-6-14-25)26-15-7-2-8-16-26)37-39-29-21-23-30(24-22-29)40-38-34(36)32(27-17-9-3-10-18-27)28-19-11-4-12-20-28/h1-24,31-32H. The van der Waals surface area contributed by atoms with Crippen LogP contribution in [0.4, 0.5) is 0 Å². The van der Waals surface area contributed by atoms with Gasteiger partial charge in [0.2, 0.25) is 0 Å². The summed E-state index contributed by atoms with van der Waals surface area (Å²) in [4.78, 5) is 26.4. The van der Waals surface area contributed by atoms with Gasteiger partial charge in [-0.15, -0.1) is 0 Å². The Balaban J connectivity index is 1.21. The molecule has 4 radical (unpaired) electrons. The first-order valence-electron chi connectivity index (χ1n) is 12.9. The summed E-state index contributed by atoms with van der Waals surface area (Å²) >= 11 is 0. The van der Waals surface area contributed by atoms with Gasteiger partial charge >= 0.3 is 31.5 Å². The van der Waals surface area contributed by atoms with Crippen LogP contribution in [0.25, 0.3) is 0 Å². The number of rotatable bonds is 10. The van der Waals surface area contributed by atoms with Crippen LogP contribution in [-0.2, 0) is 18.4 Å². The molecule has 0 aliphatic heterocycles. The molecule has 6 heteroatoms. The van der Waals surface area contributed by atoms with Crippen molar-refractivity contribution in [3.05, 3.63) is 168 Å². The van der Waals surface area contributed by atoms with Crippen LogP contribution in [0.15, 0.2) is 146 Å². The normalized spacial score (nSPS) is 10.8. The largest absolute Gasteiger partial charge is 0.511 e. The maximum atomic E-state index is 13.2. The zero-order valence-electron chi connectivity index (χ0n) is 21.6. The summed E-state index contributed by atoms with van der Waals surface area (Å²) in [5.74, 6) is -1.55. The Hall–Kier alpha value is -4.53. The van der Waals surface area contributed by atoms with E-state index in [1.165, 1.54) is 0 Å². The van der Waals surface area contributed by atoms with Gasteiger partial charge in [-0.05, 0) is 32.6 Å². The molecule has 0 aliphatic rings. The fraction of sp³-hybridized carbons (Fsp3) is 0.0588. The molecule has 194 valence electrons. The zero-order chi connectivity index (χ0) is 27.6. The molecule has 0 saturated heterocycles. The van der Waals surface area contributed by atoms with Crippen molar-refractivity contribution in [2.24, 2.45) is 0 Å². The lowest BCUT2D eigenvalue weighted by Crippen LogP contribution is -2.29. The van der Waals surface area contributed by atoms with Crippen LogP contribution < -0.4 is 10.4 Å². The number of carbonyl (C=O) groups excluding carboxylic acids is 2. The highest BCUT2D eigenvalue weighted by molar-refractivity contribution is 6.51. The predicted octanol–water partition coefficient (Wildman–Crippen LogP) is 4.93. The molecule has 0 bridgehead atoms. The van der Waals surface area contributed by atoms with Crippen LogP contribution in [0.5, 0.6) is 0 Å². The van der Waals surface area contributed by atoms with E-state index in [2.05, 4.69) is 0 Å². The van der Waals surface area contributed by atoms with E-state index in [0.717, 1.165) is 32.6 Å². The van der Waals surface area contributed by atoms with Crippen molar-refractivity contribution >= 4 is 41.8 Å². The number of hydrogen-bond acceptors (Lipinski definition) is 4. The molecule has 0 aromatic heterocycles. The van der Waals surface area contributed by atoms with Crippen molar-refractivity contribution in [1.29, 1.82) is 0 Å². The second kappa shape index (κ2) is 13.5. The summed E-state index contributed by atoms with van der Waals surface area (Å²) < 4.78 is 11.5. The van der Waals surface area contributed by atoms with Crippen LogP contribution in [0.2, 0.25) is 0 Å². The van der Waals surface area contributed by atoms with Gasteiger partial charge in [0.1, 0.15) is 11.8 Å². The fourth-order valence-corrected chi connectivity index (χ4v) is 5.73. The van der Waals surface area contributed by atoms with Crippen LogP contribution in [0, 0.1) is 0 Å². The molecule has 0 spiro atoms. The van der Waals surface area contributed by atoms with E-state index in [-0.39, 0.29) is 31.5 Å².